The highest BCUT2D eigenvalue weighted by Crippen LogP contribution is 2.43. The Morgan fingerprint density at radius 1 is 1.50 bits per heavy atom. The molecule has 2 unspecified atom stereocenters. The molecule has 2 heteroatoms. The van der Waals surface area contributed by atoms with E-state index in [4.69, 9.17) is 4.74 Å². The number of Topliss-reactive ketones (excluding diaryl/α,β-unsaturated/α-hetero) is 1. The van der Waals surface area contributed by atoms with Crippen molar-refractivity contribution in [3.63, 3.8) is 0 Å². The third-order valence-electron chi connectivity index (χ3n) is 2.96. The average molecular weight is 166 g/mol. The van der Waals surface area contributed by atoms with Gasteiger partial charge in [0.05, 0.1) is 17.1 Å². The topological polar surface area (TPSA) is 26.3 Å². The van der Waals surface area contributed by atoms with Gasteiger partial charge in [-0.1, -0.05) is 26.0 Å². The molecule has 1 saturated heterocycles. The lowest BCUT2D eigenvalue weighted by Gasteiger charge is -2.39. The molecule has 2 aliphatic rings. The molecule has 1 fully saturated rings. The predicted octanol–water partition coefficient (Wildman–Crippen LogP) is 1.70. The molecule has 0 aromatic rings. The summed E-state index contributed by atoms with van der Waals surface area (Å²) >= 11 is 0. The van der Waals surface area contributed by atoms with Crippen LogP contribution in [0.15, 0.2) is 12.2 Å². The van der Waals surface area contributed by atoms with Crippen molar-refractivity contribution in [2.75, 3.05) is 0 Å². The van der Waals surface area contributed by atoms with E-state index in [2.05, 4.69) is 0 Å². The van der Waals surface area contributed by atoms with E-state index in [-0.39, 0.29) is 17.1 Å². The standard InChI is InChI=1S/C10H14O2/c1-9(2)7(11)6-10(3)5-4-8(9)12-10/h4-5,8H,6H2,1-3H3. The fourth-order valence-corrected chi connectivity index (χ4v) is 1.85. The maximum Gasteiger partial charge on any atom is 0.144 e. The highest BCUT2D eigenvalue weighted by atomic mass is 16.5. The van der Waals surface area contributed by atoms with Crippen molar-refractivity contribution in [1.29, 1.82) is 0 Å². The summed E-state index contributed by atoms with van der Waals surface area (Å²) in [6.07, 6.45) is 4.55. The van der Waals surface area contributed by atoms with Crippen molar-refractivity contribution < 1.29 is 9.53 Å². The van der Waals surface area contributed by atoms with Crippen molar-refractivity contribution in [2.45, 2.75) is 38.9 Å². The maximum absolute atomic E-state index is 11.7. The number of fused-ring (bicyclic) bond motifs is 2. The molecule has 0 N–H and O–H groups in total. The number of carbonyl (C=O) groups excluding carboxylic acids is 1. The predicted molar refractivity (Wildman–Crippen MR) is 45.8 cm³/mol. The molecule has 2 aliphatic heterocycles. The van der Waals surface area contributed by atoms with Gasteiger partial charge < -0.3 is 4.74 Å². The van der Waals surface area contributed by atoms with Crippen LogP contribution in [0.5, 0.6) is 0 Å². The van der Waals surface area contributed by atoms with Crippen LogP contribution < -0.4 is 0 Å². The Morgan fingerprint density at radius 2 is 2.17 bits per heavy atom. The lowest BCUT2D eigenvalue weighted by Crippen LogP contribution is -2.47. The van der Waals surface area contributed by atoms with E-state index >= 15 is 0 Å². The number of rotatable bonds is 0. The molecular formula is C10H14O2. The number of carbonyl (C=O) groups is 1. The number of hydrogen-bond donors (Lipinski definition) is 0. The molecule has 2 atom stereocenters. The zero-order valence-electron chi connectivity index (χ0n) is 7.76. The van der Waals surface area contributed by atoms with Gasteiger partial charge in [0.15, 0.2) is 0 Å². The lowest BCUT2D eigenvalue weighted by molar-refractivity contribution is -0.156. The van der Waals surface area contributed by atoms with Gasteiger partial charge in [0.1, 0.15) is 5.78 Å². The summed E-state index contributed by atoms with van der Waals surface area (Å²) < 4.78 is 5.74. The fraction of sp³-hybridized carbons (Fsp3) is 0.700. The molecular weight excluding hydrogens is 152 g/mol. The fourth-order valence-electron chi connectivity index (χ4n) is 1.85. The molecule has 2 nitrogen and oxygen atoms in total. The Hall–Kier alpha value is -0.630. The largest absolute Gasteiger partial charge is 0.362 e. The van der Waals surface area contributed by atoms with Crippen LogP contribution in [0.1, 0.15) is 27.2 Å². The van der Waals surface area contributed by atoms with Gasteiger partial charge in [-0.25, -0.2) is 0 Å². The summed E-state index contributed by atoms with van der Waals surface area (Å²) in [6, 6.07) is 0. The van der Waals surface area contributed by atoms with E-state index in [0.717, 1.165) is 0 Å². The van der Waals surface area contributed by atoms with E-state index in [1.54, 1.807) is 0 Å². The third-order valence-corrected chi connectivity index (χ3v) is 2.96. The van der Waals surface area contributed by atoms with Gasteiger partial charge in [0.2, 0.25) is 0 Å². The van der Waals surface area contributed by atoms with E-state index in [9.17, 15) is 4.79 Å². The van der Waals surface area contributed by atoms with E-state index < -0.39 is 0 Å². The van der Waals surface area contributed by atoms with Crippen molar-refractivity contribution in [3.05, 3.63) is 12.2 Å². The summed E-state index contributed by atoms with van der Waals surface area (Å²) in [5, 5.41) is 0. The molecule has 2 heterocycles. The Labute approximate surface area is 72.6 Å². The molecule has 12 heavy (non-hydrogen) atoms. The van der Waals surface area contributed by atoms with Crippen LogP contribution in [-0.4, -0.2) is 17.5 Å². The summed E-state index contributed by atoms with van der Waals surface area (Å²) in [5.41, 5.74) is -0.635. The van der Waals surface area contributed by atoms with Crippen LogP contribution in [-0.2, 0) is 9.53 Å². The van der Waals surface area contributed by atoms with Gasteiger partial charge in [0, 0.05) is 6.42 Å². The SMILES string of the molecule is CC12C=CC(O1)C(C)(C)C(=O)C2. The zero-order valence-corrected chi connectivity index (χ0v) is 7.76. The van der Waals surface area contributed by atoms with Gasteiger partial charge in [-0.3, -0.25) is 4.79 Å². The lowest BCUT2D eigenvalue weighted by atomic mass is 9.78. The molecule has 0 aromatic heterocycles. The van der Waals surface area contributed by atoms with Gasteiger partial charge in [-0.2, -0.15) is 0 Å². The van der Waals surface area contributed by atoms with Gasteiger partial charge in [0.25, 0.3) is 0 Å². The maximum atomic E-state index is 11.7. The van der Waals surface area contributed by atoms with Crippen molar-refractivity contribution >= 4 is 5.78 Å². The second-order valence-corrected chi connectivity index (χ2v) is 4.53. The smallest absolute Gasteiger partial charge is 0.144 e. The van der Waals surface area contributed by atoms with E-state index in [0.29, 0.717) is 12.2 Å². The highest BCUT2D eigenvalue weighted by Gasteiger charge is 2.50. The quantitative estimate of drug-likeness (QED) is 0.512. The molecule has 66 valence electrons. The molecule has 0 aromatic carbocycles. The first-order valence-corrected chi connectivity index (χ1v) is 4.35. The Kier molecular flexibility index (Phi) is 1.33. The van der Waals surface area contributed by atoms with Crippen LogP contribution in [0.2, 0.25) is 0 Å². The minimum atomic E-state index is -0.327. The van der Waals surface area contributed by atoms with Crippen molar-refractivity contribution in [3.8, 4) is 0 Å². The first-order valence-electron chi connectivity index (χ1n) is 4.35. The van der Waals surface area contributed by atoms with E-state index in [1.807, 2.05) is 32.9 Å². The summed E-state index contributed by atoms with van der Waals surface area (Å²) in [4.78, 5) is 11.7. The van der Waals surface area contributed by atoms with E-state index in [1.165, 1.54) is 0 Å². The number of hydrogen-bond acceptors (Lipinski definition) is 2. The summed E-state index contributed by atoms with van der Waals surface area (Å²) in [7, 11) is 0. The summed E-state index contributed by atoms with van der Waals surface area (Å²) in [5.74, 6) is 0.311. The Balaban J connectivity index is 2.38. The minimum absolute atomic E-state index is 0.0104. The first kappa shape index (κ1) is 7.99. The number of ether oxygens (including phenoxy) is 1. The molecule has 0 spiro atoms. The van der Waals surface area contributed by atoms with Crippen LogP contribution in [0.3, 0.4) is 0 Å². The zero-order chi connectivity index (χ0) is 8.98. The highest BCUT2D eigenvalue weighted by molar-refractivity contribution is 5.87. The normalized spacial score (nSPS) is 43.6. The molecule has 0 saturated carbocycles. The van der Waals surface area contributed by atoms with Gasteiger partial charge >= 0.3 is 0 Å². The van der Waals surface area contributed by atoms with Gasteiger partial charge in [-0.15, -0.1) is 0 Å². The summed E-state index contributed by atoms with van der Waals surface area (Å²) in [6.45, 7) is 5.88. The molecule has 0 amide bonds. The second kappa shape index (κ2) is 1.99. The van der Waals surface area contributed by atoms with Crippen LogP contribution in [0.25, 0.3) is 0 Å². The molecule has 2 bridgehead atoms. The van der Waals surface area contributed by atoms with Crippen molar-refractivity contribution in [2.24, 2.45) is 5.41 Å². The second-order valence-electron chi connectivity index (χ2n) is 4.53. The third kappa shape index (κ3) is 0.876. The minimum Gasteiger partial charge on any atom is -0.362 e. The average Bonchev–Trinajstić information content (AvgIpc) is 2.28. The van der Waals surface area contributed by atoms with Crippen LogP contribution in [0, 0.1) is 5.41 Å². The Bertz CT molecular complexity index is 265. The number of ketones is 1. The van der Waals surface area contributed by atoms with Gasteiger partial charge in [-0.05, 0) is 6.92 Å². The Morgan fingerprint density at radius 3 is 2.83 bits per heavy atom. The first-order chi connectivity index (χ1) is 5.44. The molecule has 0 radical (unpaired) electrons. The molecule has 2 rings (SSSR count). The van der Waals surface area contributed by atoms with Crippen molar-refractivity contribution in [1.82, 2.24) is 0 Å². The monoisotopic (exact) mass is 166 g/mol. The van der Waals surface area contributed by atoms with Crippen LogP contribution in [0.4, 0.5) is 0 Å². The van der Waals surface area contributed by atoms with Crippen LogP contribution >= 0.6 is 0 Å². The molecule has 0 aliphatic carbocycles.